The predicted octanol–water partition coefficient (Wildman–Crippen LogP) is 9.38. The van der Waals surface area contributed by atoms with Crippen molar-refractivity contribution in [1.29, 1.82) is 0 Å². The SMILES string of the molecule is COc1cc2c(Oc3ccc(NC(=O)c4c(C)n(C)n(-c5ccccc5)c4=O)cc3F)ccnc2cc1OCC(C)(C)OC(=O)CN.COc1cc2c(Oc3ccc(NC(=O)c4c(C)n(C)n(-c5ccccc5)c4=O)cc3F)ccnc2cc1OC[C@@H](C)OC(=O)CN. The van der Waals surface area contributed by atoms with Crippen LogP contribution in [0.3, 0.4) is 0 Å². The van der Waals surface area contributed by atoms with Gasteiger partial charge in [-0.25, -0.2) is 18.1 Å². The van der Waals surface area contributed by atoms with E-state index in [4.69, 9.17) is 49.4 Å². The van der Waals surface area contributed by atoms with Crippen LogP contribution in [0.15, 0.2) is 155 Å². The Kier molecular flexibility index (Phi) is 20.3. The number of anilines is 2. The summed E-state index contributed by atoms with van der Waals surface area (Å²) in [6.45, 7) is 7.94. The van der Waals surface area contributed by atoms with Crippen LogP contribution in [0.1, 0.15) is 52.9 Å². The first-order valence-corrected chi connectivity index (χ1v) is 28.8. The summed E-state index contributed by atoms with van der Waals surface area (Å²) in [6, 6.07) is 35.5. The van der Waals surface area contributed by atoms with E-state index in [1.807, 2.05) is 12.1 Å². The van der Waals surface area contributed by atoms with Crippen LogP contribution in [0.4, 0.5) is 20.2 Å². The molecule has 482 valence electrons. The van der Waals surface area contributed by atoms with E-state index in [0.717, 1.165) is 12.1 Å². The minimum atomic E-state index is -0.959. The minimum Gasteiger partial charge on any atom is -0.493 e. The molecule has 93 heavy (non-hydrogen) atoms. The topological polar surface area (TPSA) is 298 Å². The number of benzene rings is 6. The number of nitrogens with two attached hydrogens (primary N) is 2. The maximum atomic E-state index is 15.3. The van der Waals surface area contributed by atoms with Gasteiger partial charge in [0.05, 0.1) is 61.1 Å². The minimum absolute atomic E-state index is 0.0118. The van der Waals surface area contributed by atoms with Crippen molar-refractivity contribution in [2.45, 2.75) is 46.3 Å². The lowest BCUT2D eigenvalue weighted by Gasteiger charge is -2.25. The Morgan fingerprint density at radius 1 is 0.559 bits per heavy atom. The van der Waals surface area contributed by atoms with E-state index in [-0.39, 0.29) is 71.8 Å². The van der Waals surface area contributed by atoms with Crippen molar-refractivity contribution in [2.24, 2.45) is 25.6 Å². The number of carbonyl (C=O) groups excluding carboxylic acids is 4. The summed E-state index contributed by atoms with van der Waals surface area (Å²) in [5.74, 6) is -2.20. The highest BCUT2D eigenvalue weighted by molar-refractivity contribution is 6.06. The lowest BCUT2D eigenvalue weighted by atomic mass is 10.1. The molecule has 2 amide bonds. The van der Waals surface area contributed by atoms with Crippen molar-refractivity contribution in [2.75, 3.05) is 51.2 Å². The lowest BCUT2D eigenvalue weighted by Crippen LogP contribution is -2.37. The second-order valence-corrected chi connectivity index (χ2v) is 21.5. The number of esters is 2. The number of nitrogens with one attached hydrogen (secondary N) is 2. The fourth-order valence-corrected chi connectivity index (χ4v) is 9.73. The number of hydrogen-bond donors (Lipinski definition) is 4. The van der Waals surface area contributed by atoms with Crippen LogP contribution in [0.2, 0.25) is 0 Å². The van der Waals surface area contributed by atoms with E-state index in [1.54, 1.807) is 143 Å². The molecule has 1 atom stereocenters. The third kappa shape index (κ3) is 14.9. The van der Waals surface area contributed by atoms with Gasteiger partial charge in [0, 0.05) is 72.9 Å². The monoisotopic (exact) mass is 1270 g/mol. The van der Waals surface area contributed by atoms with E-state index in [0.29, 0.717) is 67.6 Å². The van der Waals surface area contributed by atoms with Gasteiger partial charge in [-0.3, -0.25) is 48.1 Å². The van der Waals surface area contributed by atoms with Crippen molar-refractivity contribution in [3.8, 4) is 57.4 Å². The number of rotatable bonds is 22. The normalized spacial score (nSPS) is 11.5. The number of amides is 2. The maximum Gasteiger partial charge on any atom is 0.320 e. The number of aromatic nitrogens is 6. The Morgan fingerprint density at radius 2 is 0.989 bits per heavy atom. The molecule has 0 radical (unpaired) electrons. The highest BCUT2D eigenvalue weighted by Crippen LogP contribution is 2.40. The molecule has 10 rings (SSSR count). The zero-order chi connectivity index (χ0) is 66.8. The molecule has 0 spiro atoms. The molecule has 0 bridgehead atoms. The van der Waals surface area contributed by atoms with Crippen molar-refractivity contribution >= 4 is 56.9 Å². The van der Waals surface area contributed by atoms with Crippen molar-refractivity contribution in [3.05, 3.63) is 201 Å². The van der Waals surface area contributed by atoms with Crippen LogP contribution in [0, 0.1) is 25.5 Å². The summed E-state index contributed by atoms with van der Waals surface area (Å²) in [5.41, 5.74) is 11.9. The van der Waals surface area contributed by atoms with E-state index < -0.39 is 58.2 Å². The number of pyridine rings is 2. The van der Waals surface area contributed by atoms with Crippen LogP contribution in [0.25, 0.3) is 33.2 Å². The molecule has 0 unspecified atom stereocenters. The molecule has 0 saturated heterocycles. The van der Waals surface area contributed by atoms with Crippen molar-refractivity contribution in [3.63, 3.8) is 0 Å². The molecule has 0 aliphatic carbocycles. The number of methoxy groups -OCH3 is 2. The van der Waals surface area contributed by atoms with Gasteiger partial charge < -0.3 is 60.0 Å². The standard InChI is InChI=1S/C34H34FN5O7.C33H32FN5O7/c1-20-31(33(43)40(39(20)4)22-9-7-6-8-10-22)32(42)38-21-11-12-27(24(35)15-21)46-26-13-14-37-25-17-29(28(44-5)16-23(25)26)45-19-34(2,3)47-30(41)18-36;1-19(45-30(40)17-35)18-44-29-16-25-23(15-28(29)43-4)26(12-13-36-25)46-27-11-10-21(14-24(27)34)37-32(41)31-20(2)38(3)39(33(31)42)22-8-6-5-7-9-22/h6-17H,18-19,36H2,1-5H3,(H,38,42);5-16,19H,17-18,35H2,1-4H3,(H,37,41)/t;19-/m.1/s1. The highest BCUT2D eigenvalue weighted by Gasteiger charge is 2.27. The summed E-state index contributed by atoms with van der Waals surface area (Å²) < 4.78 is 81.6. The van der Waals surface area contributed by atoms with Crippen LogP contribution < -0.4 is 61.6 Å². The molecule has 0 aliphatic heterocycles. The van der Waals surface area contributed by atoms with Crippen molar-refractivity contribution in [1.82, 2.24) is 28.7 Å². The molecule has 0 aliphatic rings. The van der Waals surface area contributed by atoms with Gasteiger partial charge in [-0.05, 0) is 107 Å². The largest absolute Gasteiger partial charge is 0.493 e. The molecular weight excluding hydrogens is 1210 g/mol. The number of carbonyl (C=O) groups is 4. The predicted molar refractivity (Wildman–Crippen MR) is 342 cm³/mol. The van der Waals surface area contributed by atoms with Crippen LogP contribution in [-0.4, -0.2) is 105 Å². The summed E-state index contributed by atoms with van der Waals surface area (Å²) in [4.78, 5) is 84.6. The third-order valence-corrected chi connectivity index (χ3v) is 14.5. The van der Waals surface area contributed by atoms with Crippen LogP contribution in [-0.2, 0) is 33.2 Å². The first kappa shape index (κ1) is 66.0. The van der Waals surface area contributed by atoms with Crippen LogP contribution >= 0.6 is 0 Å². The maximum absolute atomic E-state index is 15.3. The summed E-state index contributed by atoms with van der Waals surface area (Å²) >= 11 is 0. The molecule has 26 heteroatoms. The van der Waals surface area contributed by atoms with Gasteiger partial charge in [0.1, 0.15) is 47.5 Å². The fraction of sp³-hybridized carbons (Fsp3) is 0.224. The number of ether oxygens (including phenoxy) is 8. The zero-order valence-electron chi connectivity index (χ0n) is 52.1. The average Bonchev–Trinajstić information content (AvgIpc) is 1.75. The van der Waals surface area contributed by atoms with Crippen LogP contribution in [0.5, 0.6) is 46.0 Å². The Morgan fingerprint density at radius 3 is 1.40 bits per heavy atom. The van der Waals surface area contributed by atoms with Crippen molar-refractivity contribution < 1.29 is 65.9 Å². The summed E-state index contributed by atoms with van der Waals surface area (Å²) in [6.07, 6.45) is 2.44. The Balaban J connectivity index is 0.000000219. The van der Waals surface area contributed by atoms with E-state index in [1.165, 1.54) is 60.2 Å². The quantitative estimate of drug-likeness (QED) is 0.0459. The molecular formula is C67H66F2N10O14. The number of nitrogens with zero attached hydrogens (tertiary/aromatic N) is 6. The fourth-order valence-electron chi connectivity index (χ4n) is 9.73. The van der Waals surface area contributed by atoms with E-state index in [2.05, 4.69) is 20.6 Å². The second kappa shape index (κ2) is 28.6. The first-order chi connectivity index (χ1) is 44.5. The molecule has 4 heterocycles. The Bertz CT molecular complexity index is 4570. The number of halogens is 2. The van der Waals surface area contributed by atoms with E-state index in [9.17, 15) is 28.8 Å². The smallest absolute Gasteiger partial charge is 0.320 e. The summed E-state index contributed by atoms with van der Waals surface area (Å²) in [5, 5.41) is 6.25. The second-order valence-electron chi connectivity index (χ2n) is 21.5. The molecule has 0 saturated carbocycles. The molecule has 4 aromatic heterocycles. The molecule has 24 nitrogen and oxygen atoms in total. The Labute approximate surface area is 530 Å². The van der Waals surface area contributed by atoms with Gasteiger partial charge in [-0.2, -0.15) is 0 Å². The van der Waals surface area contributed by atoms with Gasteiger partial charge in [0.25, 0.3) is 22.9 Å². The lowest BCUT2D eigenvalue weighted by molar-refractivity contribution is -0.157. The Hall–Kier alpha value is -11.4. The van der Waals surface area contributed by atoms with Gasteiger partial charge in [0.2, 0.25) is 0 Å². The average molecular weight is 1270 g/mol. The van der Waals surface area contributed by atoms with Gasteiger partial charge in [-0.1, -0.05) is 36.4 Å². The summed E-state index contributed by atoms with van der Waals surface area (Å²) in [7, 11) is 6.29. The number of fused-ring (bicyclic) bond motifs is 2. The molecule has 6 N–H and O–H groups in total. The number of hydrogen-bond acceptors (Lipinski definition) is 18. The van der Waals surface area contributed by atoms with E-state index >= 15 is 8.78 Å². The first-order valence-electron chi connectivity index (χ1n) is 28.8. The zero-order valence-corrected chi connectivity index (χ0v) is 52.1. The molecule has 10 aromatic rings. The molecule has 0 fully saturated rings. The highest BCUT2D eigenvalue weighted by atomic mass is 19.1. The number of para-hydroxylation sites is 2. The third-order valence-electron chi connectivity index (χ3n) is 14.5. The van der Waals surface area contributed by atoms with Gasteiger partial charge >= 0.3 is 11.9 Å². The van der Waals surface area contributed by atoms with Gasteiger partial charge in [-0.15, -0.1) is 0 Å². The molecule has 6 aromatic carbocycles. The van der Waals surface area contributed by atoms with Gasteiger partial charge in [0.15, 0.2) is 46.1 Å².